The van der Waals surface area contributed by atoms with Gasteiger partial charge in [0, 0.05) is 32.8 Å². The Bertz CT molecular complexity index is 2310. The van der Waals surface area contributed by atoms with Crippen molar-refractivity contribution in [1.29, 1.82) is 0 Å². The molecule has 43 heavy (non-hydrogen) atoms. The van der Waals surface area contributed by atoms with Crippen LogP contribution < -0.4 is 0 Å². The summed E-state index contributed by atoms with van der Waals surface area (Å²) in [5.41, 5.74) is 5.05. The average Bonchev–Trinajstić information content (AvgIpc) is 3.62. The standard InChI is InChI=1S/C37H25N5S/c1-3-14-28-31-26-20-11-10-19-25(26)30-27-21-12-13-22-29(27)42(32(30)33(31)43-36(28)38-2)37-40-34(23-15-6-4-7-16-23)39-35(41-37)24-17-8-5-9-18-24/h3-22H,2H2,1H3/b14-3-. The third kappa shape index (κ3) is 3.91. The van der Waals surface area contributed by atoms with E-state index in [4.69, 9.17) is 15.0 Å². The van der Waals surface area contributed by atoms with Gasteiger partial charge >= 0.3 is 0 Å². The minimum Gasteiger partial charge on any atom is -0.276 e. The number of hydrogen-bond donors (Lipinski definition) is 0. The molecule has 3 heterocycles. The van der Waals surface area contributed by atoms with Crippen molar-refractivity contribution >= 4 is 71.8 Å². The van der Waals surface area contributed by atoms with E-state index in [-0.39, 0.29) is 0 Å². The summed E-state index contributed by atoms with van der Waals surface area (Å²) >= 11 is 1.66. The van der Waals surface area contributed by atoms with Crippen molar-refractivity contribution < 1.29 is 0 Å². The zero-order chi connectivity index (χ0) is 28.9. The first kappa shape index (κ1) is 25.3. The maximum Gasteiger partial charge on any atom is 0.238 e. The van der Waals surface area contributed by atoms with Crippen LogP contribution in [0.4, 0.5) is 5.00 Å². The van der Waals surface area contributed by atoms with Gasteiger partial charge in [0.1, 0.15) is 5.00 Å². The molecule has 3 aromatic heterocycles. The van der Waals surface area contributed by atoms with Crippen molar-refractivity contribution in [3.05, 3.63) is 121 Å². The Labute approximate surface area is 252 Å². The molecule has 8 rings (SSSR count). The van der Waals surface area contributed by atoms with Gasteiger partial charge in [-0.05, 0) is 30.5 Å². The molecule has 5 aromatic carbocycles. The van der Waals surface area contributed by atoms with E-state index in [2.05, 4.69) is 77.0 Å². The molecular formula is C37H25N5S. The van der Waals surface area contributed by atoms with Gasteiger partial charge in [-0.1, -0.05) is 115 Å². The smallest absolute Gasteiger partial charge is 0.238 e. The number of hydrogen-bond acceptors (Lipinski definition) is 5. The Kier molecular flexibility index (Phi) is 5.94. The summed E-state index contributed by atoms with van der Waals surface area (Å²) in [5.74, 6) is 1.83. The predicted octanol–water partition coefficient (Wildman–Crippen LogP) is 10.0. The molecule has 0 fully saturated rings. The normalized spacial score (nSPS) is 11.8. The Morgan fingerprint density at radius 1 is 0.674 bits per heavy atom. The van der Waals surface area contributed by atoms with Gasteiger partial charge in [0.05, 0.1) is 15.7 Å². The molecule has 0 aliphatic carbocycles. The molecule has 8 aromatic rings. The van der Waals surface area contributed by atoms with E-state index in [0.29, 0.717) is 17.6 Å². The number of fused-ring (bicyclic) bond motifs is 8. The number of nitrogens with zero attached hydrogens (tertiary/aromatic N) is 5. The second-order valence-electron chi connectivity index (χ2n) is 10.3. The lowest BCUT2D eigenvalue weighted by atomic mass is 9.98. The van der Waals surface area contributed by atoms with E-state index in [1.807, 2.05) is 67.6 Å². The number of para-hydroxylation sites is 1. The van der Waals surface area contributed by atoms with Crippen LogP contribution in [-0.2, 0) is 0 Å². The third-order valence-corrected chi connectivity index (χ3v) is 8.99. The molecule has 0 atom stereocenters. The predicted molar refractivity (Wildman–Crippen MR) is 182 cm³/mol. The van der Waals surface area contributed by atoms with Gasteiger partial charge in [0.25, 0.3) is 0 Å². The van der Waals surface area contributed by atoms with Crippen molar-refractivity contribution in [2.45, 2.75) is 6.92 Å². The van der Waals surface area contributed by atoms with Gasteiger partial charge in [-0.3, -0.25) is 9.56 Å². The summed E-state index contributed by atoms with van der Waals surface area (Å²) in [7, 11) is 0. The maximum absolute atomic E-state index is 5.14. The molecule has 0 N–H and O–H groups in total. The van der Waals surface area contributed by atoms with E-state index in [1.165, 1.54) is 21.5 Å². The number of thiophene rings is 1. The van der Waals surface area contributed by atoms with E-state index in [1.54, 1.807) is 11.3 Å². The van der Waals surface area contributed by atoms with Crippen LogP contribution in [0.15, 0.2) is 120 Å². The Morgan fingerprint density at radius 3 is 1.84 bits per heavy atom. The minimum absolute atomic E-state index is 0.574. The minimum atomic E-state index is 0.574. The van der Waals surface area contributed by atoms with Gasteiger partial charge in [0.2, 0.25) is 5.95 Å². The number of aromatic nitrogens is 4. The second-order valence-corrected chi connectivity index (χ2v) is 11.3. The van der Waals surface area contributed by atoms with Crippen LogP contribution in [0.2, 0.25) is 0 Å². The number of aliphatic imine (C=N–C) groups is 1. The van der Waals surface area contributed by atoms with Crippen LogP contribution in [0, 0.1) is 0 Å². The highest BCUT2D eigenvalue weighted by molar-refractivity contribution is 7.24. The highest BCUT2D eigenvalue weighted by Crippen LogP contribution is 2.49. The van der Waals surface area contributed by atoms with Gasteiger partial charge < -0.3 is 0 Å². The molecule has 0 amide bonds. The van der Waals surface area contributed by atoms with Crippen molar-refractivity contribution in [2.24, 2.45) is 4.99 Å². The molecule has 204 valence electrons. The van der Waals surface area contributed by atoms with Crippen LogP contribution >= 0.6 is 11.3 Å². The maximum atomic E-state index is 5.14. The van der Waals surface area contributed by atoms with Crippen LogP contribution in [-0.4, -0.2) is 26.2 Å². The van der Waals surface area contributed by atoms with Crippen molar-refractivity contribution in [2.75, 3.05) is 0 Å². The molecule has 6 heteroatoms. The molecule has 0 saturated carbocycles. The fraction of sp³-hybridized carbons (Fsp3) is 0.0270. The molecule has 5 nitrogen and oxygen atoms in total. The first-order valence-corrected chi connectivity index (χ1v) is 15.0. The van der Waals surface area contributed by atoms with Crippen molar-refractivity contribution in [3.63, 3.8) is 0 Å². The topological polar surface area (TPSA) is 56.0 Å². The summed E-state index contributed by atoms with van der Waals surface area (Å²) < 4.78 is 3.34. The summed E-state index contributed by atoms with van der Waals surface area (Å²) in [4.78, 5) is 19.7. The SMILES string of the molecule is C=Nc1sc2c(c1/C=C\C)c1ccccc1c1c3ccccc3n(-c3nc(-c4ccccc4)nc(-c4ccccc4)n3)c21. The quantitative estimate of drug-likeness (QED) is 0.193. The fourth-order valence-electron chi connectivity index (χ4n) is 6.06. The summed E-state index contributed by atoms with van der Waals surface area (Å²) in [5, 5.41) is 6.75. The third-order valence-electron chi connectivity index (χ3n) is 7.85. The molecule has 0 bridgehead atoms. The van der Waals surface area contributed by atoms with Crippen LogP contribution in [0.1, 0.15) is 12.5 Å². The van der Waals surface area contributed by atoms with E-state index >= 15 is 0 Å². The highest BCUT2D eigenvalue weighted by atomic mass is 32.1. The lowest BCUT2D eigenvalue weighted by Crippen LogP contribution is -2.06. The van der Waals surface area contributed by atoms with E-state index in [9.17, 15) is 0 Å². The largest absolute Gasteiger partial charge is 0.276 e. The van der Waals surface area contributed by atoms with E-state index < -0.39 is 0 Å². The molecule has 0 aliphatic heterocycles. The first-order valence-electron chi connectivity index (χ1n) is 14.1. The van der Waals surface area contributed by atoms with Gasteiger partial charge in [0.15, 0.2) is 11.6 Å². The number of benzene rings is 5. The van der Waals surface area contributed by atoms with Gasteiger partial charge in [-0.2, -0.15) is 9.97 Å². The molecule has 0 spiro atoms. The molecular weight excluding hydrogens is 547 g/mol. The van der Waals surface area contributed by atoms with Crippen LogP contribution in [0.25, 0.3) is 77.5 Å². The molecule has 0 aliphatic rings. The Morgan fingerprint density at radius 2 is 1.23 bits per heavy atom. The van der Waals surface area contributed by atoms with Crippen LogP contribution in [0.5, 0.6) is 0 Å². The number of rotatable bonds is 5. The molecule has 0 saturated heterocycles. The molecule has 0 unspecified atom stereocenters. The Hall–Kier alpha value is -5.46. The van der Waals surface area contributed by atoms with Crippen molar-refractivity contribution in [3.8, 4) is 28.7 Å². The number of allylic oxidation sites excluding steroid dienone is 1. The summed E-state index contributed by atoms with van der Waals surface area (Å²) in [6.45, 7) is 5.97. The summed E-state index contributed by atoms with van der Waals surface area (Å²) in [6.07, 6.45) is 4.20. The lowest BCUT2D eigenvalue weighted by Gasteiger charge is -2.12. The second kappa shape index (κ2) is 10.1. The van der Waals surface area contributed by atoms with Gasteiger partial charge in [-0.25, -0.2) is 4.98 Å². The lowest BCUT2D eigenvalue weighted by molar-refractivity contribution is 0.955. The van der Waals surface area contributed by atoms with Gasteiger partial charge in [-0.15, -0.1) is 11.3 Å². The monoisotopic (exact) mass is 571 g/mol. The summed E-state index contributed by atoms with van der Waals surface area (Å²) in [6, 6.07) is 37.3. The zero-order valence-electron chi connectivity index (χ0n) is 23.4. The zero-order valence-corrected chi connectivity index (χ0v) is 24.2. The van der Waals surface area contributed by atoms with E-state index in [0.717, 1.165) is 42.8 Å². The highest BCUT2D eigenvalue weighted by Gasteiger charge is 2.24. The van der Waals surface area contributed by atoms with Crippen LogP contribution in [0.3, 0.4) is 0 Å². The molecule has 0 radical (unpaired) electrons. The van der Waals surface area contributed by atoms with Crippen molar-refractivity contribution in [1.82, 2.24) is 19.5 Å². The Balaban J connectivity index is 1.59. The first-order chi connectivity index (χ1) is 21.3. The average molecular weight is 572 g/mol. The fourth-order valence-corrected chi connectivity index (χ4v) is 7.21.